The van der Waals surface area contributed by atoms with E-state index >= 15 is 0 Å². The maximum absolute atomic E-state index is 12.4. The fourth-order valence-corrected chi connectivity index (χ4v) is 3.41. The molecule has 0 bridgehead atoms. The number of quaternary nitrogens is 2. The normalized spacial score (nSPS) is 12.8. The highest BCUT2D eigenvalue weighted by Crippen LogP contribution is 2.15. The number of nitrogens with two attached hydrogens (primary N) is 1. The van der Waals surface area contributed by atoms with Gasteiger partial charge in [0.25, 0.3) is 0 Å². The van der Waals surface area contributed by atoms with Crippen molar-refractivity contribution in [3.63, 3.8) is 0 Å². The molecule has 0 aliphatic heterocycles. The van der Waals surface area contributed by atoms with Gasteiger partial charge in [0, 0.05) is 11.1 Å². The molecule has 0 saturated heterocycles. The molecule has 5 nitrogen and oxygen atoms in total. The van der Waals surface area contributed by atoms with Gasteiger partial charge in [0.15, 0.2) is 5.78 Å². The van der Waals surface area contributed by atoms with Crippen LogP contribution in [-0.2, 0) is 0 Å². The minimum absolute atomic E-state index is 0.0102. The van der Waals surface area contributed by atoms with E-state index in [-0.39, 0.29) is 17.8 Å². The molecule has 0 fully saturated rings. The molecule has 0 radical (unpaired) electrons. The van der Waals surface area contributed by atoms with Crippen molar-refractivity contribution in [3.8, 4) is 5.75 Å². The van der Waals surface area contributed by atoms with Crippen LogP contribution in [0.1, 0.15) is 29.8 Å². The fourth-order valence-electron chi connectivity index (χ4n) is 3.41. The van der Waals surface area contributed by atoms with E-state index in [2.05, 4.69) is 33.3 Å². The average molecular weight is 387 g/mol. The molecule has 4 N–H and O–H groups in total. The molecule has 2 aromatic rings. The third-order valence-electron chi connectivity index (χ3n) is 4.56. The van der Waals surface area contributed by atoms with Crippen molar-refractivity contribution in [1.29, 1.82) is 0 Å². The van der Waals surface area contributed by atoms with Gasteiger partial charge < -0.3 is 20.1 Å². The van der Waals surface area contributed by atoms with Crippen molar-refractivity contribution in [2.45, 2.75) is 20.0 Å². The lowest BCUT2D eigenvalue weighted by atomic mass is 9.93. The number of aliphatic hydroxyl groups excluding tert-OH is 1. The largest absolute Gasteiger partial charge is 0.491 e. The number of carbonyl (C=O) groups is 1. The Kier molecular flexibility index (Phi) is 8.18. The van der Waals surface area contributed by atoms with E-state index in [1.807, 2.05) is 18.2 Å². The van der Waals surface area contributed by atoms with Crippen molar-refractivity contribution in [2.75, 3.05) is 40.3 Å². The fraction of sp³-hybridized carbons (Fsp3) is 0.435. The zero-order valence-electron chi connectivity index (χ0n) is 17.4. The zero-order chi connectivity index (χ0) is 20.6. The van der Waals surface area contributed by atoms with Gasteiger partial charge in [0.05, 0.1) is 32.6 Å². The van der Waals surface area contributed by atoms with Crippen LogP contribution in [0, 0.1) is 5.41 Å². The first-order valence-electron chi connectivity index (χ1n) is 9.88. The molecule has 152 valence electrons. The maximum Gasteiger partial charge on any atom is 0.193 e. The monoisotopic (exact) mass is 386 g/mol. The Morgan fingerprint density at radius 2 is 1.68 bits per heavy atom. The van der Waals surface area contributed by atoms with E-state index in [0.29, 0.717) is 23.4 Å². The van der Waals surface area contributed by atoms with Crippen LogP contribution in [0.2, 0.25) is 0 Å². The number of carbonyl (C=O) groups excluding carboxylic acids is 1. The van der Waals surface area contributed by atoms with Gasteiger partial charge in [-0.1, -0.05) is 30.3 Å². The van der Waals surface area contributed by atoms with Crippen LogP contribution in [-0.4, -0.2) is 57.3 Å². The van der Waals surface area contributed by atoms with E-state index in [1.54, 1.807) is 36.4 Å². The second-order valence-corrected chi connectivity index (χ2v) is 8.46. The van der Waals surface area contributed by atoms with Crippen LogP contribution in [0.15, 0.2) is 54.6 Å². The molecule has 0 spiro atoms. The van der Waals surface area contributed by atoms with Crippen LogP contribution >= 0.6 is 0 Å². The zero-order valence-corrected chi connectivity index (χ0v) is 17.4. The van der Waals surface area contributed by atoms with E-state index in [0.717, 1.165) is 13.1 Å². The summed E-state index contributed by atoms with van der Waals surface area (Å²) >= 11 is 0. The molecule has 0 aromatic heterocycles. The molecule has 2 rings (SSSR count). The van der Waals surface area contributed by atoms with Gasteiger partial charge in [-0.25, -0.2) is 0 Å². The van der Waals surface area contributed by atoms with Crippen LogP contribution in [0.25, 0.3) is 0 Å². The summed E-state index contributed by atoms with van der Waals surface area (Å²) in [5, 5.41) is 12.3. The molecule has 0 amide bonds. The van der Waals surface area contributed by atoms with E-state index in [1.165, 1.54) is 4.90 Å². The third-order valence-corrected chi connectivity index (χ3v) is 4.56. The first-order valence-corrected chi connectivity index (χ1v) is 9.88. The molecule has 0 unspecified atom stereocenters. The van der Waals surface area contributed by atoms with Crippen LogP contribution < -0.4 is 15.0 Å². The highest BCUT2D eigenvalue weighted by Gasteiger charge is 2.24. The molecule has 1 atom stereocenters. The van der Waals surface area contributed by atoms with Crippen molar-refractivity contribution in [2.24, 2.45) is 5.41 Å². The molecule has 0 saturated carbocycles. The summed E-state index contributed by atoms with van der Waals surface area (Å²) in [5.41, 5.74) is 1.51. The quantitative estimate of drug-likeness (QED) is 0.490. The van der Waals surface area contributed by atoms with Gasteiger partial charge in [0.1, 0.15) is 25.0 Å². The summed E-state index contributed by atoms with van der Waals surface area (Å²) < 4.78 is 5.67. The number of hydrogen-bond acceptors (Lipinski definition) is 3. The average Bonchev–Trinajstić information content (AvgIpc) is 2.65. The van der Waals surface area contributed by atoms with E-state index in [4.69, 9.17) is 4.74 Å². The smallest absolute Gasteiger partial charge is 0.193 e. The third kappa shape index (κ3) is 7.43. The second-order valence-electron chi connectivity index (χ2n) is 8.46. The van der Waals surface area contributed by atoms with Gasteiger partial charge in [-0.05, 0) is 38.1 Å². The summed E-state index contributed by atoms with van der Waals surface area (Å²) in [6, 6.07) is 16.3. The lowest BCUT2D eigenvalue weighted by Crippen LogP contribution is -3.08. The Hall–Kier alpha value is -2.21. The number of ketones is 1. The van der Waals surface area contributed by atoms with Crippen molar-refractivity contribution >= 4 is 5.78 Å². The van der Waals surface area contributed by atoms with E-state index < -0.39 is 6.10 Å². The summed E-state index contributed by atoms with van der Waals surface area (Å²) in [5.74, 6) is 0.643. The molecule has 28 heavy (non-hydrogen) atoms. The minimum Gasteiger partial charge on any atom is -0.491 e. The number of benzene rings is 2. The van der Waals surface area contributed by atoms with E-state index in [9.17, 15) is 9.90 Å². The predicted molar refractivity (Wildman–Crippen MR) is 111 cm³/mol. The molecule has 0 aliphatic rings. The van der Waals surface area contributed by atoms with Crippen LogP contribution in [0.4, 0.5) is 0 Å². The Labute approximate surface area is 168 Å². The summed E-state index contributed by atoms with van der Waals surface area (Å²) in [6.07, 6.45) is -0.534. The Bertz CT molecular complexity index is 727. The summed E-state index contributed by atoms with van der Waals surface area (Å²) in [6.45, 7) is 7.39. The summed E-state index contributed by atoms with van der Waals surface area (Å²) in [7, 11) is 4.31. The van der Waals surface area contributed by atoms with Crippen molar-refractivity contribution in [1.82, 2.24) is 0 Å². The number of hydrogen-bond donors (Lipinski definition) is 3. The summed E-state index contributed by atoms with van der Waals surface area (Å²) in [4.78, 5) is 13.8. The van der Waals surface area contributed by atoms with Crippen LogP contribution in [0.3, 0.4) is 0 Å². The Morgan fingerprint density at radius 1 is 1.07 bits per heavy atom. The lowest BCUT2D eigenvalue weighted by Gasteiger charge is -2.24. The molecule has 0 aliphatic carbocycles. The minimum atomic E-state index is -0.534. The van der Waals surface area contributed by atoms with Crippen molar-refractivity contribution in [3.05, 3.63) is 65.7 Å². The topological polar surface area (TPSA) is 67.6 Å². The van der Waals surface area contributed by atoms with Gasteiger partial charge in [-0.2, -0.15) is 0 Å². The SMILES string of the molecule is C[NH+](C)CC(C)(C)C[NH2+]C[C@@H](O)COc1ccc(C(=O)c2ccccc2)cc1. The molecule has 5 heteroatoms. The highest BCUT2D eigenvalue weighted by atomic mass is 16.5. The van der Waals surface area contributed by atoms with Gasteiger partial charge in [-0.15, -0.1) is 0 Å². The number of rotatable bonds is 11. The first-order chi connectivity index (χ1) is 13.3. The maximum atomic E-state index is 12.4. The highest BCUT2D eigenvalue weighted by molar-refractivity contribution is 6.08. The molecule has 0 heterocycles. The van der Waals surface area contributed by atoms with Gasteiger partial charge in [0.2, 0.25) is 0 Å². The Balaban J connectivity index is 1.76. The standard InChI is InChI=1S/C23H32N2O3/c1-23(2,17-25(3)4)16-24-14-20(26)15-28-21-12-10-19(11-13-21)22(27)18-8-6-5-7-9-18/h5-13,20,24,26H,14-17H2,1-4H3/p+2/t20-/m1/s1. The Morgan fingerprint density at radius 3 is 2.29 bits per heavy atom. The number of ether oxygens (including phenoxy) is 1. The van der Waals surface area contributed by atoms with Crippen LogP contribution in [0.5, 0.6) is 5.75 Å². The second kappa shape index (κ2) is 10.4. The van der Waals surface area contributed by atoms with Gasteiger partial charge in [-0.3, -0.25) is 4.79 Å². The van der Waals surface area contributed by atoms with Gasteiger partial charge >= 0.3 is 0 Å². The first kappa shape index (κ1) is 22.1. The number of aliphatic hydroxyl groups is 1. The molecule has 2 aromatic carbocycles. The van der Waals surface area contributed by atoms with Crippen molar-refractivity contribution < 1.29 is 24.9 Å². The molecular weight excluding hydrogens is 352 g/mol. The number of nitrogens with one attached hydrogen (secondary N) is 1. The lowest BCUT2D eigenvalue weighted by molar-refractivity contribution is -0.868. The molecular formula is C23H34N2O3+2. The predicted octanol–water partition coefficient (Wildman–Crippen LogP) is 0.391.